The minimum absolute atomic E-state index is 0.486. The van der Waals surface area contributed by atoms with Crippen LogP contribution in [0.4, 0.5) is 0 Å². The molecular weight excluding hydrogens is 312 g/mol. The molecule has 2 aromatic rings. The zero-order valence-electron chi connectivity index (χ0n) is 14.6. The summed E-state index contributed by atoms with van der Waals surface area (Å²) in [6.07, 6.45) is 6.68. The molecule has 25 heavy (non-hydrogen) atoms. The highest BCUT2D eigenvalue weighted by atomic mass is 16.5. The van der Waals surface area contributed by atoms with Crippen molar-refractivity contribution in [3.05, 3.63) is 59.8 Å². The van der Waals surface area contributed by atoms with E-state index in [4.69, 9.17) is 10.5 Å². The zero-order chi connectivity index (χ0) is 17.3. The smallest absolute Gasteiger partial charge is 0.218 e. The van der Waals surface area contributed by atoms with Crippen molar-refractivity contribution < 1.29 is 4.74 Å². The van der Waals surface area contributed by atoms with Gasteiger partial charge in [-0.1, -0.05) is 49.2 Å². The molecule has 132 valence electrons. The highest BCUT2D eigenvalue weighted by molar-refractivity contribution is 5.78. The zero-order valence-corrected chi connectivity index (χ0v) is 14.6. The van der Waals surface area contributed by atoms with Gasteiger partial charge in [-0.3, -0.25) is 0 Å². The molecule has 1 aliphatic heterocycles. The third kappa shape index (κ3) is 5.21. The van der Waals surface area contributed by atoms with Gasteiger partial charge in [0.2, 0.25) is 5.88 Å². The van der Waals surface area contributed by atoms with Crippen LogP contribution in [-0.2, 0) is 13.2 Å². The van der Waals surface area contributed by atoms with Gasteiger partial charge in [-0.2, -0.15) is 0 Å². The first-order valence-electron chi connectivity index (χ1n) is 8.98. The van der Waals surface area contributed by atoms with Crippen molar-refractivity contribution >= 4 is 5.96 Å². The van der Waals surface area contributed by atoms with E-state index in [1.165, 1.54) is 25.7 Å². The third-order valence-electron chi connectivity index (χ3n) is 4.41. The number of pyridine rings is 1. The van der Waals surface area contributed by atoms with Gasteiger partial charge in [0.05, 0.1) is 6.54 Å². The second kappa shape index (κ2) is 9.06. The van der Waals surface area contributed by atoms with Crippen molar-refractivity contribution in [1.82, 2.24) is 9.88 Å². The number of likely N-dealkylation sites (tertiary alicyclic amines) is 1. The Morgan fingerprint density at radius 1 is 1.04 bits per heavy atom. The van der Waals surface area contributed by atoms with Crippen molar-refractivity contribution in [2.75, 3.05) is 13.1 Å². The van der Waals surface area contributed by atoms with Crippen LogP contribution in [0.25, 0.3) is 0 Å². The molecule has 1 aromatic carbocycles. The SMILES string of the molecule is NC(=NCc1cccnc1OCc1ccccc1)N1CCCCCC1. The van der Waals surface area contributed by atoms with Crippen molar-refractivity contribution in [1.29, 1.82) is 0 Å². The van der Waals surface area contributed by atoms with Crippen LogP contribution in [0.1, 0.15) is 36.8 Å². The average molecular weight is 338 g/mol. The lowest BCUT2D eigenvalue weighted by Crippen LogP contribution is -2.38. The summed E-state index contributed by atoms with van der Waals surface area (Å²) >= 11 is 0. The van der Waals surface area contributed by atoms with E-state index in [9.17, 15) is 0 Å². The number of rotatable bonds is 5. The summed E-state index contributed by atoms with van der Waals surface area (Å²) in [4.78, 5) is 11.1. The topological polar surface area (TPSA) is 63.7 Å². The monoisotopic (exact) mass is 338 g/mol. The van der Waals surface area contributed by atoms with Crippen molar-refractivity contribution in [3.63, 3.8) is 0 Å². The standard InChI is InChI=1S/C20H26N4O/c21-20(24-13-6-1-2-7-14-24)23-15-18-11-8-12-22-19(18)25-16-17-9-4-3-5-10-17/h3-5,8-12H,1-2,6-7,13-16H2,(H2,21,23). The summed E-state index contributed by atoms with van der Waals surface area (Å²) in [5.41, 5.74) is 8.27. The van der Waals surface area contributed by atoms with Gasteiger partial charge < -0.3 is 15.4 Å². The van der Waals surface area contributed by atoms with E-state index >= 15 is 0 Å². The first-order valence-corrected chi connectivity index (χ1v) is 8.98. The summed E-state index contributed by atoms with van der Waals surface area (Å²) in [5.74, 6) is 1.25. The summed E-state index contributed by atoms with van der Waals surface area (Å²) in [7, 11) is 0. The average Bonchev–Trinajstić information content (AvgIpc) is 2.95. The number of hydrogen-bond acceptors (Lipinski definition) is 3. The lowest BCUT2D eigenvalue weighted by atomic mass is 10.2. The fourth-order valence-electron chi connectivity index (χ4n) is 2.97. The minimum Gasteiger partial charge on any atom is -0.473 e. The van der Waals surface area contributed by atoms with E-state index in [0.717, 1.165) is 24.2 Å². The quantitative estimate of drug-likeness (QED) is 0.671. The Morgan fingerprint density at radius 3 is 2.56 bits per heavy atom. The van der Waals surface area contributed by atoms with Crippen LogP contribution in [0.2, 0.25) is 0 Å². The molecule has 0 unspecified atom stereocenters. The summed E-state index contributed by atoms with van der Waals surface area (Å²) in [5, 5.41) is 0. The molecule has 0 amide bonds. The van der Waals surface area contributed by atoms with Crippen LogP contribution in [0.5, 0.6) is 5.88 Å². The molecule has 2 N–H and O–H groups in total. The lowest BCUT2D eigenvalue weighted by Gasteiger charge is -2.21. The molecule has 3 rings (SSSR count). The summed E-state index contributed by atoms with van der Waals surface area (Å²) in [6.45, 7) is 2.98. The van der Waals surface area contributed by atoms with E-state index in [1.54, 1.807) is 6.20 Å². The number of aliphatic imine (C=N–C) groups is 1. The Labute approximate surface area is 149 Å². The number of nitrogens with two attached hydrogens (primary N) is 1. The molecule has 1 aromatic heterocycles. The first-order chi connectivity index (χ1) is 12.3. The highest BCUT2D eigenvalue weighted by Crippen LogP contribution is 2.17. The van der Waals surface area contributed by atoms with Gasteiger partial charge in [-0.05, 0) is 24.5 Å². The molecule has 1 aliphatic rings. The molecule has 2 heterocycles. The van der Waals surface area contributed by atoms with E-state index in [2.05, 4.69) is 14.9 Å². The van der Waals surface area contributed by atoms with E-state index in [1.807, 2.05) is 42.5 Å². The van der Waals surface area contributed by atoms with Gasteiger partial charge in [0.25, 0.3) is 0 Å². The van der Waals surface area contributed by atoms with Crippen LogP contribution in [0.15, 0.2) is 53.7 Å². The normalized spacial score (nSPS) is 15.7. The maximum atomic E-state index is 6.20. The predicted octanol–water partition coefficient (Wildman–Crippen LogP) is 3.35. The maximum absolute atomic E-state index is 6.20. The van der Waals surface area contributed by atoms with Gasteiger partial charge >= 0.3 is 0 Å². The molecule has 0 atom stereocenters. The Kier molecular flexibility index (Phi) is 6.26. The summed E-state index contributed by atoms with van der Waals surface area (Å²) < 4.78 is 5.89. The number of guanidine groups is 1. The van der Waals surface area contributed by atoms with Crippen LogP contribution in [-0.4, -0.2) is 28.9 Å². The van der Waals surface area contributed by atoms with Gasteiger partial charge in [0.1, 0.15) is 6.61 Å². The van der Waals surface area contributed by atoms with Crippen LogP contribution < -0.4 is 10.5 Å². The van der Waals surface area contributed by atoms with Gasteiger partial charge in [-0.25, -0.2) is 9.98 Å². The molecule has 1 fully saturated rings. The first kappa shape index (κ1) is 17.3. The number of aromatic nitrogens is 1. The van der Waals surface area contributed by atoms with Crippen molar-refractivity contribution in [3.8, 4) is 5.88 Å². The molecule has 0 radical (unpaired) electrons. The largest absolute Gasteiger partial charge is 0.473 e. The Morgan fingerprint density at radius 2 is 1.80 bits per heavy atom. The van der Waals surface area contributed by atoms with Crippen LogP contribution in [0.3, 0.4) is 0 Å². The third-order valence-corrected chi connectivity index (χ3v) is 4.41. The lowest BCUT2D eigenvalue weighted by molar-refractivity contribution is 0.290. The Hall–Kier alpha value is -2.56. The van der Waals surface area contributed by atoms with E-state index in [0.29, 0.717) is 25.0 Å². The van der Waals surface area contributed by atoms with Crippen LogP contribution in [0, 0.1) is 0 Å². The van der Waals surface area contributed by atoms with E-state index in [-0.39, 0.29) is 0 Å². The predicted molar refractivity (Wildman–Crippen MR) is 100 cm³/mol. The Bertz CT molecular complexity index is 679. The summed E-state index contributed by atoms with van der Waals surface area (Å²) in [6, 6.07) is 14.0. The molecule has 0 saturated carbocycles. The molecule has 0 aliphatic carbocycles. The van der Waals surface area contributed by atoms with Gasteiger partial charge in [-0.15, -0.1) is 0 Å². The van der Waals surface area contributed by atoms with Crippen molar-refractivity contribution in [2.24, 2.45) is 10.7 Å². The molecule has 5 nitrogen and oxygen atoms in total. The number of benzene rings is 1. The molecular formula is C20H26N4O. The minimum atomic E-state index is 0.486. The maximum Gasteiger partial charge on any atom is 0.218 e. The second-order valence-electron chi connectivity index (χ2n) is 6.32. The van der Waals surface area contributed by atoms with Gasteiger partial charge in [0.15, 0.2) is 5.96 Å². The molecule has 0 spiro atoms. The fourth-order valence-corrected chi connectivity index (χ4v) is 2.97. The van der Waals surface area contributed by atoms with Crippen LogP contribution >= 0.6 is 0 Å². The van der Waals surface area contributed by atoms with Crippen molar-refractivity contribution in [2.45, 2.75) is 38.8 Å². The van der Waals surface area contributed by atoms with E-state index < -0.39 is 0 Å². The molecule has 5 heteroatoms. The molecule has 1 saturated heterocycles. The fraction of sp³-hybridized carbons (Fsp3) is 0.400. The second-order valence-corrected chi connectivity index (χ2v) is 6.32. The highest BCUT2D eigenvalue weighted by Gasteiger charge is 2.11. The number of nitrogens with zero attached hydrogens (tertiary/aromatic N) is 3. The number of ether oxygens (including phenoxy) is 1. The number of hydrogen-bond donors (Lipinski definition) is 1. The molecule has 0 bridgehead atoms. The van der Waals surface area contributed by atoms with Gasteiger partial charge in [0, 0.05) is 24.8 Å². The Balaban J connectivity index is 1.63.